The van der Waals surface area contributed by atoms with Gasteiger partial charge in [-0.1, -0.05) is 41.9 Å². The van der Waals surface area contributed by atoms with Crippen LogP contribution < -0.4 is 10.6 Å². The first-order valence-corrected chi connectivity index (χ1v) is 9.88. The maximum Gasteiger partial charge on any atom is 0.266 e. The molecule has 1 aliphatic heterocycles. The van der Waals surface area contributed by atoms with Crippen molar-refractivity contribution in [1.29, 1.82) is 0 Å². The number of hydrogen-bond acceptors (Lipinski definition) is 3. The van der Waals surface area contributed by atoms with E-state index >= 15 is 0 Å². The summed E-state index contributed by atoms with van der Waals surface area (Å²) in [5, 5.41) is 6.68. The van der Waals surface area contributed by atoms with Crippen LogP contribution in [0.4, 0.5) is 15.1 Å². The highest BCUT2D eigenvalue weighted by atomic mass is 35.5. The zero-order chi connectivity index (χ0) is 19.8. The van der Waals surface area contributed by atoms with Crippen molar-refractivity contribution in [3.8, 4) is 0 Å². The molecule has 4 nitrogen and oxygen atoms in total. The zero-order valence-corrected chi connectivity index (χ0v) is 16.5. The normalized spacial score (nSPS) is 15.7. The number of amides is 2. The third-order valence-corrected chi connectivity index (χ3v) is 6.36. The molecule has 2 N–H and O–H groups in total. The Morgan fingerprint density at radius 1 is 1.21 bits per heavy atom. The lowest BCUT2D eigenvalue weighted by Crippen LogP contribution is -2.22. The molecule has 4 rings (SSSR count). The minimum Gasteiger partial charge on any atom is -0.319 e. The van der Waals surface area contributed by atoms with Crippen molar-refractivity contribution in [2.24, 2.45) is 0 Å². The smallest absolute Gasteiger partial charge is 0.266 e. The van der Waals surface area contributed by atoms with Gasteiger partial charge in [-0.15, -0.1) is 11.3 Å². The zero-order valence-electron chi connectivity index (χ0n) is 14.9. The van der Waals surface area contributed by atoms with E-state index in [0.717, 1.165) is 16.7 Å². The molecule has 1 aromatic heterocycles. The third-order valence-electron chi connectivity index (χ3n) is 4.79. The summed E-state index contributed by atoms with van der Waals surface area (Å²) in [6.45, 7) is 1.84. The number of anilines is 2. The summed E-state index contributed by atoms with van der Waals surface area (Å²) in [5.74, 6) is -1.27. The Morgan fingerprint density at radius 2 is 1.93 bits per heavy atom. The van der Waals surface area contributed by atoms with E-state index in [1.807, 2.05) is 25.1 Å². The summed E-state index contributed by atoms with van der Waals surface area (Å²) < 4.78 is 13.9. The quantitative estimate of drug-likeness (QED) is 0.588. The molecule has 142 valence electrons. The molecule has 2 aromatic carbocycles. The van der Waals surface area contributed by atoms with E-state index in [1.165, 1.54) is 23.5 Å². The summed E-state index contributed by atoms with van der Waals surface area (Å²) in [7, 11) is 0. The van der Waals surface area contributed by atoms with Gasteiger partial charge in [-0.3, -0.25) is 9.59 Å². The largest absolute Gasteiger partial charge is 0.319 e. The van der Waals surface area contributed by atoms with Gasteiger partial charge in [0.25, 0.3) is 5.91 Å². The predicted octanol–water partition coefficient (Wildman–Crippen LogP) is 5.58. The Balaban J connectivity index is 1.74. The van der Waals surface area contributed by atoms with Crippen LogP contribution in [0.15, 0.2) is 48.5 Å². The number of hydrogen-bond donors (Lipinski definition) is 2. The first-order valence-electron chi connectivity index (χ1n) is 8.69. The monoisotopic (exact) mass is 414 g/mol. The van der Waals surface area contributed by atoms with Gasteiger partial charge in [-0.2, -0.15) is 0 Å². The van der Waals surface area contributed by atoms with Crippen LogP contribution in [0, 0.1) is 12.7 Å². The van der Waals surface area contributed by atoms with Crippen LogP contribution >= 0.6 is 22.9 Å². The number of thiophene rings is 1. The summed E-state index contributed by atoms with van der Waals surface area (Å²) in [6.07, 6.45) is 0.253. The van der Waals surface area contributed by atoms with Crippen molar-refractivity contribution < 1.29 is 14.0 Å². The number of halogens is 2. The Labute approximate surface area is 170 Å². The molecule has 1 aliphatic rings. The fourth-order valence-corrected chi connectivity index (χ4v) is 4.93. The summed E-state index contributed by atoms with van der Waals surface area (Å²) in [6, 6.07) is 13.4. The minimum absolute atomic E-state index is 0.116. The van der Waals surface area contributed by atoms with Crippen molar-refractivity contribution in [2.45, 2.75) is 19.3 Å². The van der Waals surface area contributed by atoms with E-state index in [-0.39, 0.29) is 23.9 Å². The number of rotatable bonds is 3. The Kier molecular flexibility index (Phi) is 4.91. The van der Waals surface area contributed by atoms with Crippen molar-refractivity contribution in [3.05, 3.63) is 80.9 Å². The molecule has 0 fully saturated rings. The second-order valence-electron chi connectivity index (χ2n) is 6.56. The first-order chi connectivity index (χ1) is 13.5. The molecule has 7 heteroatoms. The molecule has 0 unspecified atom stereocenters. The molecular formula is C21H16ClFN2O2S. The number of carbonyl (C=O) groups is 2. The highest BCUT2D eigenvalue weighted by Gasteiger charge is 2.33. The summed E-state index contributed by atoms with van der Waals surface area (Å²) in [4.78, 5) is 25.5. The fourth-order valence-electron chi connectivity index (χ4n) is 3.49. The summed E-state index contributed by atoms with van der Waals surface area (Å²) in [5.41, 5.74) is 2.61. The standard InChI is InChI=1S/C21H16ClFN2O2S/c1-11-18-13(12-6-2-3-7-14(12)22)10-17(26)25-21(18)28-19(11)20(27)24-16-9-5-4-8-15(16)23/h2-9,13H,10H2,1H3,(H,24,27)(H,25,26)/t13-/m1/s1. The van der Waals surface area contributed by atoms with Gasteiger partial charge in [0.2, 0.25) is 5.91 Å². The fraction of sp³-hybridized carbons (Fsp3) is 0.143. The second-order valence-corrected chi connectivity index (χ2v) is 7.99. The van der Waals surface area contributed by atoms with Gasteiger partial charge < -0.3 is 10.6 Å². The lowest BCUT2D eigenvalue weighted by Gasteiger charge is -2.24. The number of fused-ring (bicyclic) bond motifs is 1. The molecule has 28 heavy (non-hydrogen) atoms. The van der Waals surface area contributed by atoms with Crippen LogP contribution in [0.5, 0.6) is 0 Å². The van der Waals surface area contributed by atoms with E-state index in [9.17, 15) is 14.0 Å². The highest BCUT2D eigenvalue weighted by molar-refractivity contribution is 7.18. The van der Waals surface area contributed by atoms with Crippen molar-refractivity contribution in [3.63, 3.8) is 0 Å². The third kappa shape index (κ3) is 3.30. The van der Waals surface area contributed by atoms with Gasteiger partial charge in [-0.05, 0) is 41.8 Å². The Hall–Kier alpha value is -2.70. The van der Waals surface area contributed by atoms with Gasteiger partial charge >= 0.3 is 0 Å². The van der Waals surface area contributed by atoms with Crippen LogP contribution in [0.2, 0.25) is 5.02 Å². The van der Waals surface area contributed by atoms with Crippen LogP contribution in [0.3, 0.4) is 0 Å². The molecule has 1 atom stereocenters. The SMILES string of the molecule is Cc1c(C(=O)Nc2ccccc2F)sc2c1[C@@H](c1ccccc1Cl)CC(=O)N2. The molecule has 0 radical (unpaired) electrons. The molecule has 2 heterocycles. The van der Waals surface area contributed by atoms with Crippen LogP contribution in [-0.4, -0.2) is 11.8 Å². The van der Waals surface area contributed by atoms with Gasteiger partial charge in [0.15, 0.2) is 0 Å². The first kappa shape index (κ1) is 18.7. The lowest BCUT2D eigenvalue weighted by molar-refractivity contribution is -0.116. The van der Waals surface area contributed by atoms with E-state index in [0.29, 0.717) is 14.9 Å². The summed E-state index contributed by atoms with van der Waals surface area (Å²) >= 11 is 7.56. The van der Waals surface area contributed by atoms with Crippen LogP contribution in [0.25, 0.3) is 0 Å². The maximum atomic E-state index is 13.9. The van der Waals surface area contributed by atoms with Crippen LogP contribution in [-0.2, 0) is 4.79 Å². The Bertz CT molecular complexity index is 1100. The molecule has 0 aliphatic carbocycles. The second kappa shape index (κ2) is 7.37. The van der Waals surface area contributed by atoms with Gasteiger partial charge in [0, 0.05) is 17.4 Å². The van der Waals surface area contributed by atoms with E-state index in [2.05, 4.69) is 10.6 Å². The Morgan fingerprint density at radius 3 is 2.68 bits per heavy atom. The topological polar surface area (TPSA) is 58.2 Å². The number of nitrogens with one attached hydrogen (secondary N) is 2. The van der Waals surface area contributed by atoms with Gasteiger partial charge in [0.05, 0.1) is 15.6 Å². The van der Waals surface area contributed by atoms with E-state index in [1.54, 1.807) is 18.2 Å². The van der Waals surface area contributed by atoms with Gasteiger partial charge in [-0.25, -0.2) is 4.39 Å². The lowest BCUT2D eigenvalue weighted by atomic mass is 9.85. The molecule has 0 bridgehead atoms. The highest BCUT2D eigenvalue weighted by Crippen LogP contribution is 2.46. The molecule has 0 saturated heterocycles. The number of carbonyl (C=O) groups excluding carboxylic acids is 2. The molecule has 2 amide bonds. The number of benzene rings is 2. The van der Waals surface area contributed by atoms with E-state index in [4.69, 9.17) is 11.6 Å². The average Bonchev–Trinajstić information content (AvgIpc) is 3.00. The number of para-hydroxylation sites is 1. The minimum atomic E-state index is -0.503. The van der Waals surface area contributed by atoms with Crippen LogP contribution in [0.1, 0.15) is 38.7 Å². The predicted molar refractivity (Wildman–Crippen MR) is 110 cm³/mol. The maximum absolute atomic E-state index is 13.9. The van der Waals surface area contributed by atoms with Crippen molar-refractivity contribution in [2.75, 3.05) is 10.6 Å². The molecule has 3 aromatic rings. The van der Waals surface area contributed by atoms with Crippen molar-refractivity contribution in [1.82, 2.24) is 0 Å². The van der Waals surface area contributed by atoms with Crippen molar-refractivity contribution >= 4 is 45.4 Å². The molecule has 0 spiro atoms. The van der Waals surface area contributed by atoms with E-state index < -0.39 is 11.7 Å². The molecular weight excluding hydrogens is 399 g/mol. The van der Waals surface area contributed by atoms with Gasteiger partial charge in [0.1, 0.15) is 5.82 Å². The average molecular weight is 415 g/mol. The molecule has 0 saturated carbocycles.